The van der Waals surface area contributed by atoms with Gasteiger partial charge in [-0.25, -0.2) is 23.5 Å². The van der Waals surface area contributed by atoms with Crippen LogP contribution in [0.2, 0.25) is 0 Å². The summed E-state index contributed by atoms with van der Waals surface area (Å²) in [6.45, 7) is 7.69. The van der Waals surface area contributed by atoms with Gasteiger partial charge in [0.1, 0.15) is 12.4 Å². The van der Waals surface area contributed by atoms with Crippen LogP contribution in [0.5, 0.6) is 5.75 Å². The number of carboxylic acids is 2. The van der Waals surface area contributed by atoms with Gasteiger partial charge in [-0.3, -0.25) is 19.9 Å². The van der Waals surface area contributed by atoms with Gasteiger partial charge in [0.2, 0.25) is 5.91 Å². The predicted molar refractivity (Wildman–Crippen MR) is 165 cm³/mol. The Balaban J connectivity index is 0.000000521. The number of nitrogens with one attached hydrogen (secondary N) is 1. The highest BCUT2D eigenvalue weighted by Crippen LogP contribution is 2.29. The Morgan fingerprint density at radius 2 is 1.58 bits per heavy atom. The van der Waals surface area contributed by atoms with Crippen LogP contribution in [0.4, 0.5) is 26.3 Å². The Morgan fingerprint density at radius 3 is 2.10 bits per heavy atom. The van der Waals surface area contributed by atoms with Gasteiger partial charge >= 0.3 is 24.3 Å². The maximum Gasteiger partial charge on any atom is 0.490 e. The number of para-hydroxylation sites is 1. The lowest BCUT2D eigenvalue weighted by Gasteiger charge is -2.36. The second kappa shape index (κ2) is 17.8. The van der Waals surface area contributed by atoms with E-state index in [0.717, 1.165) is 22.2 Å². The minimum Gasteiger partial charge on any atom is -0.489 e. The molecule has 1 fully saturated rings. The number of alkyl halides is 6. The average Bonchev–Trinajstić information content (AvgIpc) is 3.03. The van der Waals surface area contributed by atoms with Crippen LogP contribution in [0.3, 0.4) is 0 Å². The van der Waals surface area contributed by atoms with Crippen molar-refractivity contribution in [3.63, 3.8) is 0 Å². The van der Waals surface area contributed by atoms with Crippen molar-refractivity contribution in [3.8, 4) is 5.75 Å². The van der Waals surface area contributed by atoms with E-state index >= 15 is 0 Å². The number of aromatic nitrogens is 1. The van der Waals surface area contributed by atoms with Gasteiger partial charge in [0.25, 0.3) is 0 Å². The van der Waals surface area contributed by atoms with E-state index in [2.05, 4.69) is 16.5 Å². The highest BCUT2D eigenvalue weighted by Gasteiger charge is 2.39. The van der Waals surface area contributed by atoms with Crippen LogP contribution < -0.4 is 10.2 Å². The third kappa shape index (κ3) is 12.6. The third-order valence-corrected chi connectivity index (χ3v) is 8.94. The number of likely N-dealkylation sites (tertiary alicyclic amines) is 1. The van der Waals surface area contributed by atoms with Crippen molar-refractivity contribution in [3.05, 3.63) is 78.5 Å². The molecule has 3 aromatic rings. The SMILES string of the molecule is C=CCN1CC[C@H](C(=O)NO)[C@H](CS(=O)(=O)c2ccc(OCc3cc(C)nc4ccccc34)cc2)C1.O=C(O)C(F)(F)F.O=C(O)C(F)(F)F. The molecule has 1 aromatic heterocycles. The van der Waals surface area contributed by atoms with E-state index in [9.17, 15) is 39.6 Å². The number of carbonyl (C=O) groups excluding carboxylic acids is 1. The molecule has 2 aromatic carbocycles. The normalized spacial score (nSPS) is 16.6. The number of benzene rings is 2. The second-order valence-electron chi connectivity index (χ2n) is 10.8. The molecule has 19 heteroatoms. The molecule has 4 rings (SSSR count). The summed E-state index contributed by atoms with van der Waals surface area (Å²) >= 11 is 0. The van der Waals surface area contributed by atoms with Crippen molar-refractivity contribution >= 4 is 38.6 Å². The van der Waals surface area contributed by atoms with E-state index in [1.165, 1.54) is 12.1 Å². The summed E-state index contributed by atoms with van der Waals surface area (Å²) in [5.41, 5.74) is 4.50. The van der Waals surface area contributed by atoms with Gasteiger partial charge in [-0.1, -0.05) is 24.3 Å². The molecule has 1 aliphatic heterocycles. The zero-order valence-corrected chi connectivity index (χ0v) is 27.1. The topological polar surface area (TPSA) is 183 Å². The Hall–Kier alpha value is -4.75. The van der Waals surface area contributed by atoms with Gasteiger partial charge in [0.15, 0.2) is 9.84 Å². The molecule has 2 heterocycles. The van der Waals surface area contributed by atoms with Crippen LogP contribution >= 0.6 is 0 Å². The summed E-state index contributed by atoms with van der Waals surface area (Å²) in [6.07, 6.45) is -7.94. The Kier molecular flexibility index (Phi) is 14.7. The zero-order chi connectivity index (χ0) is 37.9. The molecule has 274 valence electrons. The number of carboxylic acid groups (broad SMARTS) is 2. The molecule has 0 unspecified atom stereocenters. The van der Waals surface area contributed by atoms with E-state index in [0.29, 0.717) is 38.4 Å². The minimum absolute atomic E-state index is 0.170. The first-order valence-electron chi connectivity index (χ1n) is 14.4. The maximum atomic E-state index is 13.2. The van der Waals surface area contributed by atoms with E-state index in [4.69, 9.17) is 29.7 Å². The lowest BCUT2D eigenvalue weighted by molar-refractivity contribution is -0.193. The van der Waals surface area contributed by atoms with Gasteiger partial charge in [-0.2, -0.15) is 26.3 Å². The number of carbonyl (C=O) groups is 3. The van der Waals surface area contributed by atoms with Crippen LogP contribution in [0.1, 0.15) is 17.7 Å². The molecule has 1 saturated heterocycles. The quantitative estimate of drug-likeness (QED) is 0.103. The molecular formula is C31H33F6N3O9S. The number of halogens is 6. The smallest absolute Gasteiger partial charge is 0.489 e. The van der Waals surface area contributed by atoms with Gasteiger partial charge in [0.05, 0.1) is 16.2 Å². The first-order chi connectivity index (χ1) is 23.2. The van der Waals surface area contributed by atoms with Crippen LogP contribution in [-0.4, -0.2) is 89.3 Å². The lowest BCUT2D eigenvalue weighted by Crippen LogP contribution is -2.48. The number of hydrogen-bond acceptors (Lipinski definition) is 9. The number of pyridine rings is 1. The highest BCUT2D eigenvalue weighted by molar-refractivity contribution is 7.91. The largest absolute Gasteiger partial charge is 0.490 e. The number of hydrogen-bond donors (Lipinski definition) is 4. The zero-order valence-electron chi connectivity index (χ0n) is 26.2. The summed E-state index contributed by atoms with van der Waals surface area (Å²) < 4.78 is 95.9. The molecule has 1 amide bonds. The molecular weight excluding hydrogens is 704 g/mol. The summed E-state index contributed by atoms with van der Waals surface area (Å²) in [7, 11) is -3.67. The van der Waals surface area contributed by atoms with E-state index in [-0.39, 0.29) is 10.6 Å². The molecule has 1 aliphatic rings. The number of hydroxylamine groups is 1. The predicted octanol–water partition coefficient (Wildman–Crippen LogP) is 4.79. The van der Waals surface area contributed by atoms with Gasteiger partial charge < -0.3 is 14.9 Å². The lowest BCUT2D eigenvalue weighted by atomic mass is 9.86. The highest BCUT2D eigenvalue weighted by atomic mass is 32.2. The Bertz CT molecular complexity index is 1730. The minimum atomic E-state index is -5.08. The second-order valence-corrected chi connectivity index (χ2v) is 12.8. The van der Waals surface area contributed by atoms with Crippen LogP contribution in [-0.2, 0) is 30.8 Å². The molecule has 12 nitrogen and oxygen atoms in total. The van der Waals surface area contributed by atoms with Crippen LogP contribution in [0, 0.1) is 18.8 Å². The van der Waals surface area contributed by atoms with E-state index < -0.39 is 51.9 Å². The van der Waals surface area contributed by atoms with Crippen molar-refractivity contribution in [1.29, 1.82) is 0 Å². The fraction of sp³-hybridized carbons (Fsp3) is 0.355. The van der Waals surface area contributed by atoms with Gasteiger partial charge in [-0.15, -0.1) is 6.58 Å². The molecule has 0 saturated carbocycles. The van der Waals surface area contributed by atoms with E-state index in [1.54, 1.807) is 23.7 Å². The summed E-state index contributed by atoms with van der Waals surface area (Å²) in [6, 6.07) is 16.2. The number of ether oxygens (including phenoxy) is 1. The fourth-order valence-electron chi connectivity index (χ4n) is 4.85. The van der Waals surface area contributed by atoms with Crippen molar-refractivity contribution in [2.75, 3.05) is 25.4 Å². The molecule has 2 atom stereocenters. The number of aryl methyl sites for hydroxylation is 1. The standard InChI is InChI=1S/C27H31N3O5S.2C2HF3O2/c1-3-13-30-14-12-25(27(31)29-32)21(16-30)18-36(33,34)23-10-8-22(9-11-23)35-17-20-15-19(2)28-26-7-5-4-6-24(20)26;2*3-2(4,5)1(6)7/h3-11,15,21,25,32H,1,12-14,16-18H2,2H3,(H,29,31);2*(H,6,7)/t21-,25-;;/m0../s1. The number of sulfone groups is 1. The molecule has 0 radical (unpaired) electrons. The number of piperidine rings is 1. The molecule has 4 N–H and O–H groups in total. The molecule has 0 bridgehead atoms. The third-order valence-electron chi connectivity index (χ3n) is 7.08. The van der Waals surface area contributed by atoms with Crippen LogP contribution in [0.15, 0.2) is 72.1 Å². The Labute approximate surface area is 281 Å². The van der Waals surface area contributed by atoms with Crippen molar-refractivity contribution < 1.29 is 69.3 Å². The van der Waals surface area contributed by atoms with Gasteiger partial charge in [-0.05, 0) is 62.2 Å². The van der Waals surface area contributed by atoms with Crippen molar-refractivity contribution in [1.82, 2.24) is 15.4 Å². The fourth-order valence-corrected chi connectivity index (χ4v) is 6.49. The first-order valence-corrected chi connectivity index (χ1v) is 16.0. The molecule has 50 heavy (non-hydrogen) atoms. The summed E-state index contributed by atoms with van der Waals surface area (Å²) in [5.74, 6) is -6.72. The number of amides is 1. The number of fused-ring (bicyclic) bond motifs is 1. The maximum absolute atomic E-state index is 13.2. The summed E-state index contributed by atoms with van der Waals surface area (Å²) in [5, 5.41) is 24.4. The number of rotatable bonds is 9. The van der Waals surface area contributed by atoms with Crippen molar-refractivity contribution in [2.45, 2.75) is 37.2 Å². The van der Waals surface area contributed by atoms with E-state index in [1.807, 2.05) is 37.3 Å². The monoisotopic (exact) mass is 737 g/mol. The number of aliphatic carboxylic acids is 2. The first kappa shape index (κ1) is 41.4. The molecule has 0 aliphatic carbocycles. The number of nitrogens with zero attached hydrogens (tertiary/aromatic N) is 2. The van der Waals surface area contributed by atoms with Gasteiger partial charge in [0, 0.05) is 35.7 Å². The molecule has 0 spiro atoms. The summed E-state index contributed by atoms with van der Waals surface area (Å²) in [4.78, 5) is 36.8. The van der Waals surface area contributed by atoms with Crippen molar-refractivity contribution in [2.24, 2.45) is 11.8 Å². The average molecular weight is 738 g/mol. The van der Waals surface area contributed by atoms with Crippen LogP contribution in [0.25, 0.3) is 10.9 Å². The Morgan fingerprint density at radius 1 is 1.02 bits per heavy atom.